The van der Waals surface area contributed by atoms with E-state index in [1.54, 1.807) is 37.0 Å². The maximum atomic E-state index is 13.2. The van der Waals surface area contributed by atoms with Crippen LogP contribution in [0.25, 0.3) is 11.1 Å². The summed E-state index contributed by atoms with van der Waals surface area (Å²) in [5, 5.41) is 13.9. The molecular formula is C28H31N5O5S. The topological polar surface area (TPSA) is 121 Å². The number of thiazole rings is 1. The Bertz CT molecular complexity index is 1390. The van der Waals surface area contributed by atoms with Gasteiger partial charge in [0, 0.05) is 38.4 Å². The summed E-state index contributed by atoms with van der Waals surface area (Å²) in [6.45, 7) is 1.91. The number of carbonyl (C=O) groups is 2. The Morgan fingerprint density at radius 2 is 2.00 bits per heavy atom. The van der Waals surface area contributed by atoms with Crippen LogP contribution in [-0.4, -0.2) is 70.8 Å². The largest absolute Gasteiger partial charge is 0.444 e. The van der Waals surface area contributed by atoms with Crippen molar-refractivity contribution in [3.05, 3.63) is 76.2 Å². The molecule has 2 amide bonds. The predicted octanol–water partition coefficient (Wildman–Crippen LogP) is 3.86. The van der Waals surface area contributed by atoms with Crippen LogP contribution >= 0.6 is 11.3 Å². The lowest BCUT2D eigenvalue weighted by atomic mass is 10.0. The molecule has 1 saturated heterocycles. The molecule has 1 aliphatic rings. The number of nitrogens with one attached hydrogen (secondary N) is 1. The lowest BCUT2D eigenvalue weighted by molar-refractivity contribution is 0.0582. The molecule has 2 N–H and O–H groups in total. The van der Waals surface area contributed by atoms with Crippen LogP contribution in [0.4, 0.5) is 10.8 Å². The van der Waals surface area contributed by atoms with Crippen LogP contribution in [0, 0.1) is 0 Å². The molecule has 0 unspecified atom stereocenters. The van der Waals surface area contributed by atoms with E-state index in [1.165, 1.54) is 16.2 Å². The van der Waals surface area contributed by atoms with Crippen LogP contribution < -0.4 is 10.2 Å². The molecule has 1 fully saturated rings. The Labute approximate surface area is 230 Å². The number of aromatic nitrogens is 2. The van der Waals surface area contributed by atoms with E-state index in [1.807, 2.05) is 30.3 Å². The quantitative estimate of drug-likeness (QED) is 0.306. The summed E-state index contributed by atoms with van der Waals surface area (Å²) in [6.07, 6.45) is 2.52. The Kier molecular flexibility index (Phi) is 8.38. The van der Waals surface area contributed by atoms with Crippen LogP contribution in [0.15, 0.2) is 64.7 Å². The molecule has 2 aromatic heterocycles. The molecule has 0 spiro atoms. The van der Waals surface area contributed by atoms with Gasteiger partial charge in [0.2, 0.25) is 0 Å². The number of hydrogen-bond acceptors (Lipinski definition) is 9. The van der Waals surface area contributed by atoms with Crippen LogP contribution in [0.5, 0.6) is 0 Å². The summed E-state index contributed by atoms with van der Waals surface area (Å²) in [4.78, 5) is 38.7. The van der Waals surface area contributed by atoms with E-state index >= 15 is 0 Å². The van der Waals surface area contributed by atoms with Gasteiger partial charge < -0.3 is 29.4 Å². The molecule has 1 aliphatic heterocycles. The zero-order valence-corrected chi connectivity index (χ0v) is 22.5. The number of benzene rings is 2. The molecule has 0 radical (unpaired) electrons. The number of carbonyl (C=O) groups excluding carboxylic acids is 2. The minimum absolute atomic E-state index is 0.00106. The van der Waals surface area contributed by atoms with Gasteiger partial charge in [0.25, 0.3) is 11.9 Å². The highest BCUT2D eigenvalue weighted by molar-refractivity contribution is 7.09. The Balaban J connectivity index is 1.24. The van der Waals surface area contributed by atoms with Gasteiger partial charge in [-0.05, 0) is 43.0 Å². The van der Waals surface area contributed by atoms with Crippen molar-refractivity contribution in [3.63, 3.8) is 0 Å². The minimum Gasteiger partial charge on any atom is -0.444 e. The first-order valence-electron chi connectivity index (χ1n) is 12.9. The molecule has 204 valence electrons. The number of ether oxygens (including phenoxy) is 1. The summed E-state index contributed by atoms with van der Waals surface area (Å²) in [5.41, 5.74) is 4.27. The summed E-state index contributed by atoms with van der Waals surface area (Å²) in [7, 11) is 1.62. The Morgan fingerprint density at radius 1 is 1.21 bits per heavy atom. The predicted molar refractivity (Wildman–Crippen MR) is 148 cm³/mol. The van der Waals surface area contributed by atoms with Gasteiger partial charge >= 0.3 is 6.09 Å². The summed E-state index contributed by atoms with van der Waals surface area (Å²) in [5.74, 6) is -0.277. The maximum absolute atomic E-state index is 13.2. The van der Waals surface area contributed by atoms with E-state index in [0.29, 0.717) is 29.1 Å². The average Bonchev–Trinajstić information content (AvgIpc) is 3.73. The van der Waals surface area contributed by atoms with Crippen molar-refractivity contribution in [2.24, 2.45) is 0 Å². The zero-order chi connectivity index (χ0) is 27.2. The molecule has 0 bridgehead atoms. The molecule has 3 heterocycles. The molecule has 2 aromatic carbocycles. The molecule has 0 aliphatic carbocycles. The first-order chi connectivity index (χ1) is 19.0. The first kappa shape index (κ1) is 26.6. The number of fused-ring (bicyclic) bond motifs is 1. The molecule has 11 heteroatoms. The van der Waals surface area contributed by atoms with Crippen LogP contribution in [0.1, 0.15) is 33.6 Å². The molecule has 10 nitrogen and oxygen atoms in total. The number of aliphatic hydroxyl groups is 1. The number of nitrogens with zero attached hydrogens (tertiary/aromatic N) is 4. The van der Waals surface area contributed by atoms with Crippen molar-refractivity contribution in [2.45, 2.75) is 38.0 Å². The van der Waals surface area contributed by atoms with Crippen molar-refractivity contribution in [1.29, 1.82) is 0 Å². The van der Waals surface area contributed by atoms with Crippen LogP contribution in [0.3, 0.4) is 0 Å². The fourth-order valence-corrected chi connectivity index (χ4v) is 5.10. The highest BCUT2D eigenvalue weighted by atomic mass is 32.1. The third-order valence-corrected chi connectivity index (χ3v) is 7.46. The van der Waals surface area contributed by atoms with Crippen molar-refractivity contribution < 1.29 is 23.8 Å². The van der Waals surface area contributed by atoms with Crippen molar-refractivity contribution in [1.82, 2.24) is 20.2 Å². The Hall–Kier alpha value is -3.96. The third-order valence-electron chi connectivity index (χ3n) is 6.70. The number of aliphatic hydroxyl groups excluding tert-OH is 1. The maximum Gasteiger partial charge on any atom is 0.407 e. The monoisotopic (exact) mass is 549 g/mol. The lowest BCUT2D eigenvalue weighted by Gasteiger charge is -2.28. The smallest absolute Gasteiger partial charge is 0.407 e. The zero-order valence-electron chi connectivity index (χ0n) is 21.7. The van der Waals surface area contributed by atoms with Gasteiger partial charge in [-0.1, -0.05) is 30.3 Å². The van der Waals surface area contributed by atoms with E-state index in [0.717, 1.165) is 36.4 Å². The molecule has 2 atom stereocenters. The SMILES string of the molecule is CN(C[C@@H](O)[C@H](Cc1ccccc1)NC(=O)OCc1cncs1)C(=O)c1ccc2nc(N3CCCC3)oc2c1. The number of anilines is 1. The van der Waals surface area contributed by atoms with Gasteiger partial charge in [0.15, 0.2) is 5.58 Å². The second-order valence-corrected chi connectivity index (χ2v) is 10.6. The highest BCUT2D eigenvalue weighted by Gasteiger charge is 2.26. The Morgan fingerprint density at radius 3 is 2.74 bits per heavy atom. The molecular weight excluding hydrogens is 518 g/mol. The summed E-state index contributed by atoms with van der Waals surface area (Å²) < 4.78 is 11.2. The fourth-order valence-electron chi connectivity index (χ4n) is 4.59. The van der Waals surface area contributed by atoms with Crippen molar-refractivity contribution in [2.75, 3.05) is 31.6 Å². The average molecular weight is 550 g/mol. The number of amides is 2. The second-order valence-electron chi connectivity index (χ2n) is 9.61. The number of rotatable bonds is 10. The number of alkyl carbamates (subject to hydrolysis) is 1. The van der Waals surface area contributed by atoms with Gasteiger partial charge in [-0.15, -0.1) is 11.3 Å². The van der Waals surface area contributed by atoms with Gasteiger partial charge in [0.1, 0.15) is 12.1 Å². The van der Waals surface area contributed by atoms with E-state index in [4.69, 9.17) is 9.15 Å². The van der Waals surface area contributed by atoms with E-state index in [9.17, 15) is 14.7 Å². The molecule has 39 heavy (non-hydrogen) atoms. The minimum atomic E-state index is -1.05. The standard InChI is InChI=1S/C28H31N5O5S/c1-32(26(35)20-9-10-22-25(14-20)38-27(30-22)33-11-5-6-12-33)16-24(34)23(13-19-7-3-2-4-8-19)31-28(36)37-17-21-15-29-18-39-21/h2-4,7-10,14-15,18,23-24,34H,5-6,11-13,16-17H2,1H3,(H,31,36)/t23-,24+/m0/s1. The number of hydrogen-bond donors (Lipinski definition) is 2. The molecule has 0 saturated carbocycles. The third kappa shape index (κ3) is 6.73. The van der Waals surface area contributed by atoms with Crippen LogP contribution in [0.2, 0.25) is 0 Å². The highest BCUT2D eigenvalue weighted by Crippen LogP contribution is 2.26. The fraction of sp³-hybridized carbons (Fsp3) is 0.357. The van der Waals surface area contributed by atoms with Crippen molar-refractivity contribution >= 4 is 40.5 Å². The lowest BCUT2D eigenvalue weighted by Crippen LogP contribution is -2.50. The first-order valence-corrected chi connectivity index (χ1v) is 13.8. The van der Waals surface area contributed by atoms with E-state index in [2.05, 4.69) is 20.2 Å². The van der Waals surface area contributed by atoms with Gasteiger partial charge in [0.05, 0.1) is 22.5 Å². The van der Waals surface area contributed by atoms with Crippen molar-refractivity contribution in [3.8, 4) is 0 Å². The van der Waals surface area contributed by atoms with E-state index in [-0.39, 0.29) is 19.1 Å². The van der Waals surface area contributed by atoms with Gasteiger partial charge in [-0.2, -0.15) is 4.98 Å². The van der Waals surface area contributed by atoms with Crippen LogP contribution in [-0.2, 0) is 17.8 Å². The number of likely N-dealkylation sites (N-methyl/N-ethyl adjacent to an activating group) is 1. The normalized spacial score (nSPS) is 14.8. The molecule has 4 aromatic rings. The van der Waals surface area contributed by atoms with E-state index < -0.39 is 18.2 Å². The second kappa shape index (κ2) is 12.3. The van der Waals surface area contributed by atoms with Gasteiger partial charge in [-0.25, -0.2) is 4.79 Å². The molecule has 5 rings (SSSR count). The number of oxazole rings is 1. The van der Waals surface area contributed by atoms with Gasteiger partial charge in [-0.3, -0.25) is 9.78 Å². The summed E-state index contributed by atoms with van der Waals surface area (Å²) >= 11 is 1.39. The summed E-state index contributed by atoms with van der Waals surface area (Å²) in [6, 6.07) is 14.6.